The topological polar surface area (TPSA) is 52.6 Å². The molecule has 2 rings (SSSR count). The Morgan fingerprint density at radius 3 is 2.58 bits per heavy atom. The van der Waals surface area contributed by atoms with Gasteiger partial charge >= 0.3 is 5.97 Å². The van der Waals surface area contributed by atoms with Gasteiger partial charge in [0.05, 0.1) is 7.11 Å². The van der Waals surface area contributed by atoms with Gasteiger partial charge in [-0.2, -0.15) is 0 Å². The van der Waals surface area contributed by atoms with E-state index in [0.717, 1.165) is 16.7 Å². The zero-order valence-corrected chi connectivity index (χ0v) is 14.0. The van der Waals surface area contributed by atoms with E-state index in [9.17, 15) is 9.59 Å². The molecule has 0 radical (unpaired) electrons. The van der Waals surface area contributed by atoms with Crippen molar-refractivity contribution in [3.05, 3.63) is 70.8 Å². The maximum absolute atomic E-state index is 12.2. The third-order valence-corrected chi connectivity index (χ3v) is 3.58. The minimum Gasteiger partial charge on any atom is -0.496 e. The lowest BCUT2D eigenvalue weighted by Crippen LogP contribution is -2.13. The molecule has 124 valence electrons. The number of hydrogen-bond donors (Lipinski definition) is 0. The van der Waals surface area contributed by atoms with Gasteiger partial charge in [0.2, 0.25) is 5.78 Å². The van der Waals surface area contributed by atoms with E-state index in [1.807, 2.05) is 44.2 Å². The number of ketones is 1. The zero-order valence-electron chi connectivity index (χ0n) is 14.0. The van der Waals surface area contributed by atoms with Gasteiger partial charge in [-0.05, 0) is 37.6 Å². The molecule has 0 aliphatic carbocycles. The molecule has 0 aliphatic rings. The number of Topliss-reactive ketones (excluding diaryl/α,β-unsaturated/α-hetero) is 1. The summed E-state index contributed by atoms with van der Waals surface area (Å²) in [5.41, 5.74) is 3.20. The molecule has 0 heterocycles. The van der Waals surface area contributed by atoms with Crippen LogP contribution in [-0.2, 0) is 9.53 Å². The number of ether oxygens (including phenoxy) is 2. The van der Waals surface area contributed by atoms with Gasteiger partial charge in [0.1, 0.15) is 5.75 Å². The molecule has 2 aromatic rings. The molecule has 0 fully saturated rings. The Kier molecular flexibility index (Phi) is 5.90. The molecular weight excluding hydrogens is 304 g/mol. The Labute approximate surface area is 141 Å². The van der Waals surface area contributed by atoms with Crippen LogP contribution in [0.5, 0.6) is 5.75 Å². The summed E-state index contributed by atoms with van der Waals surface area (Å²) in [6, 6.07) is 12.9. The Morgan fingerprint density at radius 2 is 1.83 bits per heavy atom. The van der Waals surface area contributed by atoms with E-state index in [0.29, 0.717) is 11.3 Å². The number of hydrogen-bond acceptors (Lipinski definition) is 4. The monoisotopic (exact) mass is 324 g/mol. The second-order valence-corrected chi connectivity index (χ2v) is 5.42. The minimum atomic E-state index is -0.570. The standard InChI is InChI=1S/C20H20O4/c1-14-8-9-15(2)17(12-14)18(21)13-24-20(22)11-10-16-6-4-5-7-19(16)23-3/h4-12H,13H2,1-3H3/b11-10+. The first-order valence-electron chi connectivity index (χ1n) is 7.59. The number of carbonyl (C=O) groups is 2. The number of para-hydroxylation sites is 1. The van der Waals surface area contributed by atoms with E-state index >= 15 is 0 Å². The van der Waals surface area contributed by atoms with E-state index in [-0.39, 0.29) is 12.4 Å². The second kappa shape index (κ2) is 8.11. The predicted molar refractivity (Wildman–Crippen MR) is 93.2 cm³/mol. The van der Waals surface area contributed by atoms with Crippen molar-refractivity contribution >= 4 is 17.8 Å². The lowest BCUT2D eigenvalue weighted by Gasteiger charge is -2.06. The van der Waals surface area contributed by atoms with E-state index in [1.165, 1.54) is 6.08 Å². The number of rotatable bonds is 6. The third-order valence-electron chi connectivity index (χ3n) is 3.58. The fraction of sp³-hybridized carbons (Fsp3) is 0.200. The molecule has 4 heteroatoms. The Morgan fingerprint density at radius 1 is 1.08 bits per heavy atom. The van der Waals surface area contributed by atoms with Gasteiger partial charge in [-0.15, -0.1) is 0 Å². The number of carbonyl (C=O) groups excluding carboxylic acids is 2. The molecule has 0 saturated heterocycles. The highest BCUT2D eigenvalue weighted by atomic mass is 16.5. The number of benzene rings is 2. The summed E-state index contributed by atoms with van der Waals surface area (Å²) in [5, 5.41) is 0. The highest BCUT2D eigenvalue weighted by molar-refractivity contribution is 6.00. The van der Waals surface area contributed by atoms with Crippen LogP contribution in [-0.4, -0.2) is 25.5 Å². The van der Waals surface area contributed by atoms with Crippen LogP contribution < -0.4 is 4.74 Å². The SMILES string of the molecule is COc1ccccc1/C=C/C(=O)OCC(=O)c1cc(C)ccc1C. The largest absolute Gasteiger partial charge is 0.496 e. The Hall–Kier alpha value is -2.88. The van der Waals surface area contributed by atoms with Crippen LogP contribution >= 0.6 is 0 Å². The number of esters is 1. The molecule has 2 aromatic carbocycles. The maximum Gasteiger partial charge on any atom is 0.331 e. The highest BCUT2D eigenvalue weighted by Gasteiger charge is 2.11. The van der Waals surface area contributed by atoms with Crippen molar-refractivity contribution in [1.29, 1.82) is 0 Å². The lowest BCUT2D eigenvalue weighted by atomic mass is 10.0. The molecule has 0 N–H and O–H groups in total. The molecule has 0 aromatic heterocycles. The smallest absolute Gasteiger partial charge is 0.331 e. The fourth-order valence-corrected chi connectivity index (χ4v) is 2.26. The summed E-state index contributed by atoms with van der Waals surface area (Å²) in [4.78, 5) is 24.0. The van der Waals surface area contributed by atoms with Crippen LogP contribution in [0.15, 0.2) is 48.5 Å². The molecular formula is C20H20O4. The molecule has 0 bridgehead atoms. The van der Waals surface area contributed by atoms with Crippen molar-refractivity contribution in [2.45, 2.75) is 13.8 Å². The highest BCUT2D eigenvalue weighted by Crippen LogP contribution is 2.18. The Balaban J connectivity index is 1.97. The molecule has 0 spiro atoms. The van der Waals surface area contributed by atoms with Crippen molar-refractivity contribution in [1.82, 2.24) is 0 Å². The third kappa shape index (κ3) is 4.56. The first kappa shape index (κ1) is 17.5. The van der Waals surface area contributed by atoms with Gasteiger partial charge in [0, 0.05) is 17.2 Å². The van der Waals surface area contributed by atoms with Crippen LogP contribution in [0.4, 0.5) is 0 Å². The summed E-state index contributed by atoms with van der Waals surface area (Å²) in [6.45, 7) is 3.49. The average Bonchev–Trinajstić information content (AvgIpc) is 2.60. The van der Waals surface area contributed by atoms with Gasteiger partial charge < -0.3 is 9.47 Å². The fourth-order valence-electron chi connectivity index (χ4n) is 2.26. The summed E-state index contributed by atoms with van der Waals surface area (Å²) >= 11 is 0. The van der Waals surface area contributed by atoms with Crippen LogP contribution in [0, 0.1) is 13.8 Å². The summed E-state index contributed by atoms with van der Waals surface area (Å²) in [7, 11) is 1.56. The van der Waals surface area contributed by atoms with Crippen molar-refractivity contribution in [2.24, 2.45) is 0 Å². The molecule has 4 nitrogen and oxygen atoms in total. The summed E-state index contributed by atoms with van der Waals surface area (Å²) < 4.78 is 10.2. The lowest BCUT2D eigenvalue weighted by molar-refractivity contribution is -0.136. The van der Waals surface area contributed by atoms with Crippen molar-refractivity contribution in [2.75, 3.05) is 13.7 Å². The molecule has 0 aliphatic heterocycles. The number of methoxy groups -OCH3 is 1. The normalized spacial score (nSPS) is 10.6. The molecule has 0 saturated carbocycles. The van der Waals surface area contributed by atoms with Crippen LogP contribution in [0.2, 0.25) is 0 Å². The zero-order chi connectivity index (χ0) is 17.5. The van der Waals surface area contributed by atoms with Crippen molar-refractivity contribution in [3.63, 3.8) is 0 Å². The van der Waals surface area contributed by atoms with Gasteiger partial charge in [-0.25, -0.2) is 4.79 Å². The van der Waals surface area contributed by atoms with Gasteiger partial charge in [0.15, 0.2) is 6.61 Å². The summed E-state index contributed by atoms with van der Waals surface area (Å²) in [5.74, 6) is -0.122. The van der Waals surface area contributed by atoms with E-state index < -0.39 is 5.97 Å². The predicted octanol–water partition coefficient (Wildman–Crippen LogP) is 3.75. The quantitative estimate of drug-likeness (QED) is 0.461. The minimum absolute atomic E-state index is 0.213. The summed E-state index contributed by atoms with van der Waals surface area (Å²) in [6.07, 6.45) is 2.89. The maximum atomic E-state index is 12.2. The van der Waals surface area contributed by atoms with Crippen LogP contribution in [0.1, 0.15) is 27.0 Å². The molecule has 0 unspecified atom stereocenters. The van der Waals surface area contributed by atoms with Crippen molar-refractivity contribution in [3.8, 4) is 5.75 Å². The van der Waals surface area contributed by atoms with E-state index in [1.54, 1.807) is 25.3 Å². The average molecular weight is 324 g/mol. The Bertz CT molecular complexity index is 775. The van der Waals surface area contributed by atoms with Crippen LogP contribution in [0.25, 0.3) is 6.08 Å². The first-order valence-corrected chi connectivity index (χ1v) is 7.59. The molecule has 0 amide bonds. The van der Waals surface area contributed by atoms with Crippen LogP contribution in [0.3, 0.4) is 0 Å². The second-order valence-electron chi connectivity index (χ2n) is 5.42. The van der Waals surface area contributed by atoms with Gasteiger partial charge in [0.25, 0.3) is 0 Å². The first-order chi connectivity index (χ1) is 11.5. The van der Waals surface area contributed by atoms with Gasteiger partial charge in [-0.3, -0.25) is 4.79 Å². The molecule has 24 heavy (non-hydrogen) atoms. The van der Waals surface area contributed by atoms with Gasteiger partial charge in [-0.1, -0.05) is 35.9 Å². The van der Waals surface area contributed by atoms with E-state index in [4.69, 9.17) is 9.47 Å². The van der Waals surface area contributed by atoms with E-state index in [2.05, 4.69) is 0 Å². The molecule has 0 atom stereocenters. The number of aryl methyl sites for hydroxylation is 2. The van der Waals surface area contributed by atoms with Crippen molar-refractivity contribution < 1.29 is 19.1 Å².